The van der Waals surface area contributed by atoms with Crippen LogP contribution in [0.5, 0.6) is 0 Å². The van der Waals surface area contributed by atoms with Gasteiger partial charge in [-0.3, -0.25) is 20.2 Å². The van der Waals surface area contributed by atoms with Gasteiger partial charge in [-0.15, -0.1) is 0 Å². The molecule has 1 aliphatic rings. The van der Waals surface area contributed by atoms with Crippen molar-refractivity contribution >= 4 is 17.9 Å². The Morgan fingerprint density at radius 1 is 1.19 bits per heavy atom. The maximum Gasteiger partial charge on any atom is 0.323 e. The molecular formula is C14H25N3O4. The van der Waals surface area contributed by atoms with Crippen LogP contribution in [0.4, 0.5) is 4.79 Å². The molecule has 120 valence electrons. The average Bonchev–Trinajstić information content (AvgIpc) is 2.45. The molecular weight excluding hydrogens is 274 g/mol. The number of amides is 3. The summed E-state index contributed by atoms with van der Waals surface area (Å²) in [4.78, 5) is 34.4. The summed E-state index contributed by atoms with van der Waals surface area (Å²) in [5, 5.41) is 16.7. The molecule has 1 atom stereocenters. The highest BCUT2D eigenvalue weighted by Crippen LogP contribution is 2.17. The molecule has 1 rings (SSSR count). The van der Waals surface area contributed by atoms with Crippen molar-refractivity contribution < 1.29 is 19.5 Å². The number of rotatable bonds is 6. The van der Waals surface area contributed by atoms with Crippen molar-refractivity contribution in [1.82, 2.24) is 16.0 Å². The van der Waals surface area contributed by atoms with Crippen molar-refractivity contribution in [3.8, 4) is 0 Å². The minimum Gasteiger partial charge on any atom is -0.480 e. The third kappa shape index (κ3) is 5.71. The fraction of sp³-hybridized carbons (Fsp3) is 0.786. The number of aliphatic carboxylic acids is 1. The second-order valence-electron chi connectivity index (χ2n) is 5.70. The van der Waals surface area contributed by atoms with Crippen LogP contribution in [0.1, 0.15) is 52.4 Å². The number of hydrogen-bond acceptors (Lipinski definition) is 4. The van der Waals surface area contributed by atoms with Gasteiger partial charge in [0.25, 0.3) is 0 Å². The molecule has 21 heavy (non-hydrogen) atoms. The summed E-state index contributed by atoms with van der Waals surface area (Å²) >= 11 is 0. The molecule has 3 amide bonds. The molecule has 0 aromatic rings. The van der Waals surface area contributed by atoms with E-state index in [1.54, 1.807) is 6.92 Å². The van der Waals surface area contributed by atoms with Gasteiger partial charge in [0.1, 0.15) is 5.54 Å². The molecule has 4 N–H and O–H groups in total. The van der Waals surface area contributed by atoms with Crippen LogP contribution in [-0.2, 0) is 9.59 Å². The molecule has 0 aromatic heterocycles. The second-order valence-corrected chi connectivity index (χ2v) is 5.70. The Bertz CT molecular complexity index is 394. The van der Waals surface area contributed by atoms with Crippen molar-refractivity contribution in [1.29, 1.82) is 0 Å². The first-order valence-electron chi connectivity index (χ1n) is 7.46. The van der Waals surface area contributed by atoms with Crippen molar-refractivity contribution in [2.24, 2.45) is 0 Å². The van der Waals surface area contributed by atoms with Gasteiger partial charge in [0, 0.05) is 6.04 Å². The van der Waals surface area contributed by atoms with E-state index >= 15 is 0 Å². The van der Waals surface area contributed by atoms with Gasteiger partial charge in [-0.2, -0.15) is 0 Å². The summed E-state index contributed by atoms with van der Waals surface area (Å²) in [7, 11) is 0. The zero-order valence-corrected chi connectivity index (χ0v) is 12.7. The molecule has 0 heterocycles. The van der Waals surface area contributed by atoms with Gasteiger partial charge in [0.05, 0.1) is 6.54 Å². The molecule has 0 saturated heterocycles. The van der Waals surface area contributed by atoms with E-state index in [4.69, 9.17) is 5.11 Å². The summed E-state index contributed by atoms with van der Waals surface area (Å²) in [6.45, 7) is 3.01. The summed E-state index contributed by atoms with van der Waals surface area (Å²) < 4.78 is 0. The maximum absolute atomic E-state index is 11.7. The highest BCUT2D eigenvalue weighted by Gasteiger charge is 2.31. The zero-order chi connectivity index (χ0) is 15.9. The summed E-state index contributed by atoms with van der Waals surface area (Å²) in [5.74, 6) is -1.56. The minimum absolute atomic E-state index is 0.124. The number of carbonyl (C=O) groups is 3. The number of hydrogen-bond donors (Lipinski definition) is 4. The molecule has 0 aliphatic heterocycles. The highest BCUT2D eigenvalue weighted by atomic mass is 16.4. The number of urea groups is 1. The van der Waals surface area contributed by atoms with Crippen molar-refractivity contribution in [3.05, 3.63) is 0 Å². The van der Waals surface area contributed by atoms with E-state index in [2.05, 4.69) is 16.0 Å². The van der Waals surface area contributed by atoms with Gasteiger partial charge in [-0.25, -0.2) is 4.79 Å². The van der Waals surface area contributed by atoms with Gasteiger partial charge >= 0.3 is 12.0 Å². The van der Waals surface area contributed by atoms with E-state index in [-0.39, 0.29) is 12.6 Å². The molecule has 0 spiro atoms. The van der Waals surface area contributed by atoms with Crippen LogP contribution in [-0.4, -0.2) is 41.1 Å². The Hall–Kier alpha value is -1.63. The first kappa shape index (κ1) is 17.4. The summed E-state index contributed by atoms with van der Waals surface area (Å²) in [6, 6.07) is -0.387. The molecule has 0 bridgehead atoms. The summed E-state index contributed by atoms with van der Waals surface area (Å²) in [5.41, 5.74) is -1.17. The maximum atomic E-state index is 11.7. The normalized spacial score (nSPS) is 18.6. The smallest absolute Gasteiger partial charge is 0.323 e. The number of nitrogens with one attached hydrogen (secondary N) is 3. The first-order valence-corrected chi connectivity index (χ1v) is 7.46. The van der Waals surface area contributed by atoms with E-state index in [0.29, 0.717) is 6.42 Å². The lowest BCUT2D eigenvalue weighted by atomic mass is 9.96. The van der Waals surface area contributed by atoms with E-state index in [9.17, 15) is 14.4 Å². The molecule has 7 heteroatoms. The molecule has 0 radical (unpaired) electrons. The van der Waals surface area contributed by atoms with Crippen LogP contribution in [0.2, 0.25) is 0 Å². The van der Waals surface area contributed by atoms with Crippen LogP contribution in [0, 0.1) is 0 Å². The van der Waals surface area contributed by atoms with Crippen LogP contribution in [0.25, 0.3) is 0 Å². The molecule has 1 saturated carbocycles. The Kier molecular flexibility index (Phi) is 6.61. The zero-order valence-electron chi connectivity index (χ0n) is 12.7. The fourth-order valence-electron chi connectivity index (χ4n) is 2.27. The van der Waals surface area contributed by atoms with Gasteiger partial charge in [0.2, 0.25) is 5.91 Å². The second kappa shape index (κ2) is 7.97. The van der Waals surface area contributed by atoms with Crippen LogP contribution in [0.15, 0.2) is 0 Å². The van der Waals surface area contributed by atoms with Crippen molar-refractivity contribution in [2.45, 2.75) is 64.0 Å². The molecule has 1 unspecified atom stereocenters. The van der Waals surface area contributed by atoms with Crippen molar-refractivity contribution in [2.75, 3.05) is 6.54 Å². The molecule has 0 aromatic carbocycles. The number of imide groups is 1. The van der Waals surface area contributed by atoms with E-state index in [1.807, 2.05) is 0 Å². The van der Waals surface area contributed by atoms with Crippen molar-refractivity contribution in [3.63, 3.8) is 0 Å². The minimum atomic E-state index is -1.17. The first-order chi connectivity index (χ1) is 9.87. The Morgan fingerprint density at radius 2 is 1.81 bits per heavy atom. The topological polar surface area (TPSA) is 108 Å². The molecule has 1 fully saturated rings. The highest BCUT2D eigenvalue weighted by molar-refractivity contribution is 5.95. The Balaban J connectivity index is 2.32. The van der Waals surface area contributed by atoms with Crippen LogP contribution >= 0.6 is 0 Å². The monoisotopic (exact) mass is 299 g/mol. The standard InChI is InChI=1S/C14H25N3O4/c1-3-14(2,12(19)20)15-9-11(18)17-13(21)16-10-7-5-4-6-8-10/h10,15H,3-9H2,1-2H3,(H,19,20)(H2,16,17,18,21). The molecule has 1 aliphatic carbocycles. The molecule has 7 nitrogen and oxygen atoms in total. The van der Waals surface area contributed by atoms with Gasteiger partial charge in [-0.1, -0.05) is 26.2 Å². The van der Waals surface area contributed by atoms with E-state index < -0.39 is 23.4 Å². The quantitative estimate of drug-likeness (QED) is 0.585. The fourth-order valence-corrected chi connectivity index (χ4v) is 2.27. The van der Waals surface area contributed by atoms with Gasteiger partial charge in [-0.05, 0) is 26.2 Å². The Morgan fingerprint density at radius 3 is 2.33 bits per heavy atom. The van der Waals surface area contributed by atoms with Crippen LogP contribution in [0.3, 0.4) is 0 Å². The number of carboxylic acids is 1. The number of carboxylic acid groups (broad SMARTS) is 1. The third-order valence-corrected chi connectivity index (χ3v) is 4.01. The lowest BCUT2D eigenvalue weighted by Gasteiger charge is -2.25. The van der Waals surface area contributed by atoms with E-state index in [1.165, 1.54) is 13.3 Å². The predicted octanol–water partition coefficient (Wildman–Crippen LogP) is 0.988. The predicted molar refractivity (Wildman–Crippen MR) is 77.9 cm³/mol. The average molecular weight is 299 g/mol. The SMILES string of the molecule is CCC(C)(NCC(=O)NC(=O)NC1CCCCC1)C(=O)O. The Labute approximate surface area is 124 Å². The third-order valence-electron chi connectivity index (χ3n) is 4.01. The van der Waals surface area contributed by atoms with E-state index in [0.717, 1.165) is 25.7 Å². The van der Waals surface area contributed by atoms with Gasteiger partial charge in [0.15, 0.2) is 0 Å². The lowest BCUT2D eigenvalue weighted by molar-refractivity contribution is -0.144. The number of carbonyl (C=O) groups excluding carboxylic acids is 2. The van der Waals surface area contributed by atoms with Gasteiger partial charge < -0.3 is 10.4 Å². The largest absolute Gasteiger partial charge is 0.480 e. The summed E-state index contributed by atoms with van der Waals surface area (Å²) in [6.07, 6.45) is 5.58. The lowest BCUT2D eigenvalue weighted by Crippen LogP contribution is -2.54. The van der Waals surface area contributed by atoms with Crippen LogP contribution < -0.4 is 16.0 Å².